The van der Waals surface area contributed by atoms with Gasteiger partial charge in [0.25, 0.3) is 0 Å². The SMILES string of the molecule is COC(CCNC(=O)/C(C)=C/CNC(=O)OCC1c2ccccc2-c2ccccc21)C(=O)O. The van der Waals surface area contributed by atoms with Crippen LogP contribution < -0.4 is 10.6 Å². The summed E-state index contributed by atoms with van der Waals surface area (Å²) in [5, 5.41) is 14.2. The van der Waals surface area contributed by atoms with Crippen LogP contribution in [0.15, 0.2) is 60.2 Å². The first-order valence-corrected chi connectivity index (χ1v) is 10.7. The predicted molar refractivity (Wildman–Crippen MR) is 123 cm³/mol. The topological polar surface area (TPSA) is 114 Å². The number of nitrogens with one attached hydrogen (secondary N) is 2. The lowest BCUT2D eigenvalue weighted by molar-refractivity contribution is -0.148. The molecule has 0 heterocycles. The number of benzene rings is 2. The second-order valence-corrected chi connectivity index (χ2v) is 7.70. The van der Waals surface area contributed by atoms with Crippen molar-refractivity contribution in [2.45, 2.75) is 25.4 Å². The van der Waals surface area contributed by atoms with Crippen LogP contribution in [0.1, 0.15) is 30.4 Å². The Kier molecular flexibility index (Phi) is 8.21. The minimum Gasteiger partial charge on any atom is -0.479 e. The fourth-order valence-corrected chi connectivity index (χ4v) is 3.83. The minimum atomic E-state index is -1.08. The molecule has 2 aromatic rings. The molecule has 1 unspecified atom stereocenters. The molecule has 0 saturated carbocycles. The molecule has 3 N–H and O–H groups in total. The van der Waals surface area contributed by atoms with Gasteiger partial charge in [0.2, 0.25) is 5.91 Å². The number of rotatable bonds is 10. The van der Waals surface area contributed by atoms with Crippen molar-refractivity contribution in [1.82, 2.24) is 10.6 Å². The summed E-state index contributed by atoms with van der Waals surface area (Å²) in [4.78, 5) is 35.2. The molecule has 1 aliphatic carbocycles. The van der Waals surface area contributed by atoms with Crippen molar-refractivity contribution < 1.29 is 29.0 Å². The fraction of sp³-hybridized carbons (Fsp3) is 0.320. The summed E-state index contributed by atoms with van der Waals surface area (Å²) in [6.07, 6.45) is 0.195. The van der Waals surface area contributed by atoms with Gasteiger partial charge in [-0.3, -0.25) is 4.79 Å². The summed E-state index contributed by atoms with van der Waals surface area (Å²) in [6, 6.07) is 16.2. The quantitative estimate of drug-likeness (QED) is 0.478. The zero-order valence-corrected chi connectivity index (χ0v) is 18.7. The second-order valence-electron chi connectivity index (χ2n) is 7.70. The molecule has 0 fully saturated rings. The van der Waals surface area contributed by atoms with E-state index >= 15 is 0 Å². The van der Waals surface area contributed by atoms with E-state index in [0.29, 0.717) is 5.57 Å². The Bertz CT molecular complexity index is 1000. The van der Waals surface area contributed by atoms with Gasteiger partial charge in [0.1, 0.15) is 6.61 Å². The lowest BCUT2D eigenvalue weighted by atomic mass is 9.98. The molecule has 0 saturated heterocycles. The van der Waals surface area contributed by atoms with Gasteiger partial charge >= 0.3 is 12.1 Å². The maximum Gasteiger partial charge on any atom is 0.407 e. The normalized spacial score (nSPS) is 13.6. The van der Waals surface area contributed by atoms with Gasteiger partial charge < -0.3 is 25.2 Å². The van der Waals surface area contributed by atoms with Gasteiger partial charge in [0.05, 0.1) is 0 Å². The van der Waals surface area contributed by atoms with Crippen molar-refractivity contribution in [1.29, 1.82) is 0 Å². The number of carbonyl (C=O) groups excluding carboxylic acids is 2. The number of methoxy groups -OCH3 is 1. The number of ether oxygens (including phenoxy) is 2. The van der Waals surface area contributed by atoms with Gasteiger partial charge in [-0.25, -0.2) is 9.59 Å². The number of fused-ring (bicyclic) bond motifs is 3. The molecule has 2 amide bonds. The van der Waals surface area contributed by atoms with Crippen LogP contribution in [0, 0.1) is 0 Å². The molecule has 174 valence electrons. The van der Waals surface area contributed by atoms with Crippen LogP contribution in [-0.2, 0) is 19.1 Å². The smallest absolute Gasteiger partial charge is 0.407 e. The van der Waals surface area contributed by atoms with Crippen molar-refractivity contribution >= 4 is 18.0 Å². The van der Waals surface area contributed by atoms with E-state index in [1.54, 1.807) is 13.0 Å². The van der Waals surface area contributed by atoms with E-state index < -0.39 is 18.2 Å². The summed E-state index contributed by atoms with van der Waals surface area (Å²) in [5.74, 6) is -1.44. The maximum absolute atomic E-state index is 12.2. The van der Waals surface area contributed by atoms with Crippen LogP contribution in [-0.4, -0.2) is 56.0 Å². The molecule has 8 nitrogen and oxygen atoms in total. The number of aliphatic carboxylic acids is 1. The number of hydrogen-bond donors (Lipinski definition) is 3. The first-order valence-electron chi connectivity index (χ1n) is 10.7. The Morgan fingerprint density at radius 1 is 1.03 bits per heavy atom. The van der Waals surface area contributed by atoms with E-state index in [9.17, 15) is 14.4 Å². The Labute approximate surface area is 192 Å². The molecule has 1 atom stereocenters. The average Bonchev–Trinajstić information content (AvgIpc) is 3.13. The van der Waals surface area contributed by atoms with E-state index in [4.69, 9.17) is 14.6 Å². The van der Waals surface area contributed by atoms with Crippen LogP contribution in [0.4, 0.5) is 4.79 Å². The molecule has 33 heavy (non-hydrogen) atoms. The zero-order chi connectivity index (χ0) is 23.8. The highest BCUT2D eigenvalue weighted by Crippen LogP contribution is 2.44. The van der Waals surface area contributed by atoms with Gasteiger partial charge in [-0.1, -0.05) is 54.6 Å². The molecule has 3 rings (SSSR count). The average molecular weight is 453 g/mol. The monoisotopic (exact) mass is 452 g/mol. The maximum atomic E-state index is 12.2. The summed E-state index contributed by atoms with van der Waals surface area (Å²) in [5.41, 5.74) is 4.99. The van der Waals surface area contributed by atoms with Crippen molar-refractivity contribution in [3.8, 4) is 11.1 Å². The van der Waals surface area contributed by atoms with Gasteiger partial charge in [-0.15, -0.1) is 0 Å². The largest absolute Gasteiger partial charge is 0.479 e. The number of carboxylic acids is 1. The van der Waals surface area contributed by atoms with E-state index in [-0.39, 0.29) is 37.9 Å². The van der Waals surface area contributed by atoms with Crippen molar-refractivity contribution in [2.75, 3.05) is 26.8 Å². The minimum absolute atomic E-state index is 0.0204. The van der Waals surface area contributed by atoms with E-state index in [0.717, 1.165) is 22.3 Å². The molecular weight excluding hydrogens is 424 g/mol. The highest BCUT2D eigenvalue weighted by Gasteiger charge is 2.28. The number of alkyl carbamates (subject to hydrolysis) is 1. The van der Waals surface area contributed by atoms with Gasteiger partial charge in [0, 0.05) is 38.1 Å². The van der Waals surface area contributed by atoms with E-state index in [1.165, 1.54) is 7.11 Å². The molecule has 0 radical (unpaired) electrons. The third-order valence-electron chi connectivity index (χ3n) is 5.61. The molecule has 0 aliphatic heterocycles. The number of hydrogen-bond acceptors (Lipinski definition) is 5. The van der Waals surface area contributed by atoms with Gasteiger partial charge in [-0.05, 0) is 29.2 Å². The number of carbonyl (C=O) groups is 3. The highest BCUT2D eigenvalue weighted by atomic mass is 16.5. The van der Waals surface area contributed by atoms with Crippen LogP contribution in [0.25, 0.3) is 11.1 Å². The highest BCUT2D eigenvalue weighted by molar-refractivity contribution is 5.92. The Morgan fingerprint density at radius 2 is 1.64 bits per heavy atom. The number of amides is 2. The third-order valence-corrected chi connectivity index (χ3v) is 5.61. The van der Waals surface area contributed by atoms with Crippen molar-refractivity contribution in [3.63, 3.8) is 0 Å². The zero-order valence-electron chi connectivity index (χ0n) is 18.7. The molecule has 1 aliphatic rings. The third kappa shape index (κ3) is 5.98. The number of carboxylic acid groups (broad SMARTS) is 1. The second kappa shape index (κ2) is 11.3. The predicted octanol–water partition coefficient (Wildman–Crippen LogP) is 3.08. The lowest BCUT2D eigenvalue weighted by Crippen LogP contribution is -2.32. The summed E-state index contributed by atoms with van der Waals surface area (Å²) < 4.78 is 10.3. The molecule has 0 bridgehead atoms. The van der Waals surface area contributed by atoms with Crippen LogP contribution >= 0.6 is 0 Å². The standard InChI is InChI=1S/C25H28N2O6/c1-16(23(28)26-14-12-22(32-2)24(29)30)11-13-27-25(31)33-15-21-19-9-5-3-7-17(19)18-8-4-6-10-20(18)21/h3-11,21-22H,12-15H2,1-2H3,(H,26,28)(H,27,31)(H,29,30)/b16-11+. The van der Waals surface area contributed by atoms with Crippen molar-refractivity contribution in [3.05, 3.63) is 71.3 Å². The summed E-state index contributed by atoms with van der Waals surface area (Å²) >= 11 is 0. The first kappa shape index (κ1) is 24.0. The molecule has 2 aromatic carbocycles. The Hall–Kier alpha value is -3.65. The fourth-order valence-electron chi connectivity index (χ4n) is 3.83. The summed E-state index contributed by atoms with van der Waals surface area (Å²) in [7, 11) is 1.31. The molecule has 0 spiro atoms. The molecule has 0 aromatic heterocycles. The van der Waals surface area contributed by atoms with Gasteiger partial charge in [-0.2, -0.15) is 0 Å². The van der Waals surface area contributed by atoms with E-state index in [1.807, 2.05) is 24.3 Å². The lowest BCUT2D eigenvalue weighted by Gasteiger charge is -2.14. The van der Waals surface area contributed by atoms with Crippen molar-refractivity contribution in [2.24, 2.45) is 0 Å². The molecular formula is C25H28N2O6. The molecule has 8 heteroatoms. The Balaban J connectivity index is 1.45. The van der Waals surface area contributed by atoms with Crippen LogP contribution in [0.5, 0.6) is 0 Å². The van der Waals surface area contributed by atoms with Gasteiger partial charge in [0.15, 0.2) is 6.10 Å². The van der Waals surface area contributed by atoms with E-state index in [2.05, 4.69) is 34.9 Å². The van der Waals surface area contributed by atoms with Crippen LogP contribution in [0.2, 0.25) is 0 Å². The Morgan fingerprint density at radius 3 is 2.21 bits per heavy atom. The van der Waals surface area contributed by atoms with Crippen LogP contribution in [0.3, 0.4) is 0 Å². The summed E-state index contributed by atoms with van der Waals surface area (Å²) in [6.45, 7) is 2.12. The first-order chi connectivity index (χ1) is 15.9.